The zero-order valence-electron chi connectivity index (χ0n) is 36.4. The molecule has 0 unspecified atom stereocenters. The topological polar surface area (TPSA) is 241 Å². The molecular weight excluding hydrogens is 850 g/mol. The molecule has 0 aliphatic carbocycles. The first-order valence-electron chi connectivity index (χ1n) is 21.3. The fraction of sp³-hybridized carbons (Fsp3) is 0.667. The molecule has 1 N–H and O–H groups in total. The van der Waals surface area contributed by atoms with E-state index in [9.17, 15) is 28.8 Å². The Bertz CT molecular complexity index is 1500. The summed E-state index contributed by atoms with van der Waals surface area (Å²) in [6.07, 6.45) is 2.40. The molecule has 22 heteroatoms. The number of imide groups is 2. The van der Waals surface area contributed by atoms with Crippen LogP contribution in [0.4, 0.5) is 5.69 Å². The van der Waals surface area contributed by atoms with Gasteiger partial charge in [0.15, 0.2) is 0 Å². The summed E-state index contributed by atoms with van der Waals surface area (Å²) < 4.78 is 65.4. The molecule has 22 nitrogen and oxygen atoms in total. The van der Waals surface area contributed by atoms with Gasteiger partial charge in [-0.15, -0.1) is 5.06 Å². The van der Waals surface area contributed by atoms with Gasteiger partial charge in [-0.2, -0.15) is 0 Å². The van der Waals surface area contributed by atoms with Crippen molar-refractivity contribution >= 4 is 41.2 Å². The normalized spacial score (nSPS) is 13.8. The smallest absolute Gasteiger partial charge is 0.335 e. The van der Waals surface area contributed by atoms with Crippen LogP contribution in [-0.2, 0) is 85.7 Å². The van der Waals surface area contributed by atoms with Crippen LogP contribution in [0.15, 0.2) is 36.4 Å². The fourth-order valence-corrected chi connectivity index (χ4v) is 5.26. The van der Waals surface area contributed by atoms with E-state index in [2.05, 4.69) is 5.32 Å². The van der Waals surface area contributed by atoms with E-state index in [0.29, 0.717) is 162 Å². The molecule has 1 fully saturated rings. The molecule has 0 bridgehead atoms. The lowest BCUT2D eigenvalue weighted by Gasteiger charge is -2.14. The SMILES string of the molecule is O=C(CCOCCOCCOCCOCCOCCOCCOCCOCCOCCOCCOCCOCCNC(=O)c1cccc(N2C(=O)C=CC2=O)c1)ON1C(=O)CCC1=O. The molecule has 0 spiro atoms. The Labute approximate surface area is 372 Å². The third-order valence-corrected chi connectivity index (χ3v) is 8.45. The average Bonchev–Trinajstić information content (AvgIpc) is 3.80. The maximum atomic E-state index is 12.4. The van der Waals surface area contributed by atoms with Crippen LogP contribution in [0.3, 0.4) is 0 Å². The molecule has 1 aromatic carbocycles. The summed E-state index contributed by atoms with van der Waals surface area (Å²) >= 11 is 0. The lowest BCUT2D eigenvalue weighted by Crippen LogP contribution is -2.32. The summed E-state index contributed by atoms with van der Waals surface area (Å²) in [5, 5.41) is 3.25. The zero-order valence-corrected chi connectivity index (χ0v) is 36.4. The number of hydroxylamine groups is 2. The van der Waals surface area contributed by atoms with Crippen molar-refractivity contribution in [3.05, 3.63) is 42.0 Å². The Hall–Kier alpha value is -4.30. The predicted molar refractivity (Wildman–Crippen MR) is 222 cm³/mol. The highest BCUT2D eigenvalue weighted by atomic mass is 16.7. The van der Waals surface area contributed by atoms with E-state index in [4.69, 9.17) is 61.7 Å². The van der Waals surface area contributed by atoms with E-state index in [-0.39, 0.29) is 44.9 Å². The highest BCUT2D eigenvalue weighted by Gasteiger charge is 2.32. The van der Waals surface area contributed by atoms with Crippen molar-refractivity contribution in [2.45, 2.75) is 19.3 Å². The lowest BCUT2D eigenvalue weighted by molar-refractivity contribution is -0.198. The quantitative estimate of drug-likeness (QED) is 0.0673. The van der Waals surface area contributed by atoms with E-state index in [1.54, 1.807) is 18.2 Å². The van der Waals surface area contributed by atoms with Gasteiger partial charge in [-0.3, -0.25) is 24.0 Å². The first kappa shape index (κ1) is 54.0. The molecular formula is C42H63N3O19. The monoisotopic (exact) mass is 913 g/mol. The Morgan fingerprint density at radius 2 is 0.812 bits per heavy atom. The zero-order chi connectivity index (χ0) is 45.7. The van der Waals surface area contributed by atoms with Gasteiger partial charge >= 0.3 is 5.97 Å². The van der Waals surface area contributed by atoms with E-state index in [0.717, 1.165) is 4.90 Å². The number of ether oxygens (including phenoxy) is 12. The number of nitrogens with one attached hydrogen (secondary N) is 1. The maximum absolute atomic E-state index is 12.4. The van der Waals surface area contributed by atoms with Crippen LogP contribution in [0.1, 0.15) is 29.6 Å². The van der Waals surface area contributed by atoms with Crippen LogP contribution in [0, 0.1) is 0 Å². The van der Waals surface area contributed by atoms with Crippen molar-refractivity contribution in [3.8, 4) is 0 Å². The van der Waals surface area contributed by atoms with Crippen LogP contribution < -0.4 is 10.2 Å². The second kappa shape index (κ2) is 36.0. The number of carbonyl (C=O) groups is 6. The number of rotatable bonds is 42. The third kappa shape index (κ3) is 25.3. The van der Waals surface area contributed by atoms with Crippen molar-refractivity contribution in [1.82, 2.24) is 10.4 Å². The van der Waals surface area contributed by atoms with Crippen molar-refractivity contribution in [2.75, 3.05) is 170 Å². The molecule has 3 rings (SSSR count). The minimum absolute atomic E-state index is 0.0506. The minimum atomic E-state index is -0.708. The number of hydrogen-bond donors (Lipinski definition) is 1. The Morgan fingerprint density at radius 3 is 1.19 bits per heavy atom. The van der Waals surface area contributed by atoms with E-state index < -0.39 is 29.6 Å². The molecule has 2 aliphatic rings. The van der Waals surface area contributed by atoms with Crippen LogP contribution in [-0.4, -0.2) is 206 Å². The molecule has 64 heavy (non-hydrogen) atoms. The lowest BCUT2D eigenvalue weighted by atomic mass is 10.1. The molecule has 0 atom stereocenters. The highest BCUT2D eigenvalue weighted by molar-refractivity contribution is 6.28. The van der Waals surface area contributed by atoms with Gasteiger partial charge in [0.2, 0.25) is 0 Å². The second-order valence-corrected chi connectivity index (χ2v) is 13.3. The van der Waals surface area contributed by atoms with E-state index in [1.165, 1.54) is 18.2 Å². The third-order valence-electron chi connectivity index (χ3n) is 8.45. The number of amides is 5. The van der Waals surface area contributed by atoms with Gasteiger partial charge in [-0.05, 0) is 18.2 Å². The van der Waals surface area contributed by atoms with Crippen LogP contribution in [0.25, 0.3) is 0 Å². The Morgan fingerprint density at radius 1 is 0.469 bits per heavy atom. The van der Waals surface area contributed by atoms with Gasteiger partial charge in [-0.25, -0.2) is 9.69 Å². The maximum Gasteiger partial charge on any atom is 0.335 e. The van der Waals surface area contributed by atoms with Gasteiger partial charge in [-0.1, -0.05) is 6.07 Å². The number of hydrogen-bond acceptors (Lipinski definition) is 19. The minimum Gasteiger partial charge on any atom is -0.378 e. The van der Waals surface area contributed by atoms with Crippen molar-refractivity contribution in [3.63, 3.8) is 0 Å². The largest absolute Gasteiger partial charge is 0.378 e. The molecule has 2 heterocycles. The molecule has 360 valence electrons. The summed E-state index contributed by atoms with van der Waals surface area (Å²) in [7, 11) is 0. The van der Waals surface area contributed by atoms with Crippen LogP contribution in [0.5, 0.6) is 0 Å². The molecule has 1 saturated heterocycles. The summed E-state index contributed by atoms with van der Waals surface area (Å²) in [4.78, 5) is 76.5. The summed E-state index contributed by atoms with van der Waals surface area (Å²) in [5.41, 5.74) is 0.666. The van der Waals surface area contributed by atoms with Crippen LogP contribution >= 0.6 is 0 Å². The van der Waals surface area contributed by atoms with Crippen molar-refractivity contribution in [1.29, 1.82) is 0 Å². The summed E-state index contributed by atoms with van der Waals surface area (Å²) in [5.74, 6) is -2.97. The standard InChI is InChI=1S/C42H63N3O19/c46-37-4-5-38(47)44(37)36-3-1-2-35(34-36)42(51)43-9-11-53-13-15-55-17-19-57-21-23-59-25-27-61-29-31-63-33-32-62-30-28-60-26-24-58-22-20-56-18-16-54-14-12-52-10-8-41(50)64-45-39(48)6-7-40(45)49/h1-5,34H,6-33H2,(H,43,51). The molecule has 0 aromatic heterocycles. The van der Waals surface area contributed by atoms with Gasteiger partial charge in [0.05, 0.1) is 171 Å². The number of benzene rings is 1. The first-order valence-corrected chi connectivity index (χ1v) is 21.3. The van der Waals surface area contributed by atoms with E-state index in [1.807, 2.05) is 0 Å². The van der Waals surface area contributed by atoms with Gasteiger partial charge < -0.3 is 67.0 Å². The van der Waals surface area contributed by atoms with Crippen molar-refractivity contribution < 1.29 is 90.4 Å². The first-order chi connectivity index (χ1) is 31.4. The van der Waals surface area contributed by atoms with Gasteiger partial charge in [0.25, 0.3) is 29.5 Å². The Kier molecular flexibility index (Phi) is 30.4. The summed E-state index contributed by atoms with van der Waals surface area (Å²) in [6, 6.07) is 6.30. The Balaban J connectivity index is 0.914. The van der Waals surface area contributed by atoms with Gasteiger partial charge in [0, 0.05) is 37.1 Å². The predicted octanol–water partition coefficient (Wildman–Crippen LogP) is 0.0423. The molecule has 1 aromatic rings. The number of carbonyl (C=O) groups excluding carboxylic acids is 6. The molecule has 5 amide bonds. The molecule has 2 aliphatic heterocycles. The average molecular weight is 914 g/mol. The van der Waals surface area contributed by atoms with Gasteiger partial charge in [0.1, 0.15) is 0 Å². The van der Waals surface area contributed by atoms with Crippen molar-refractivity contribution in [2.24, 2.45) is 0 Å². The molecule has 0 saturated carbocycles. The number of anilines is 1. The fourth-order valence-electron chi connectivity index (χ4n) is 5.26. The summed E-state index contributed by atoms with van der Waals surface area (Å²) in [6.45, 7) is 9.83. The highest BCUT2D eigenvalue weighted by Crippen LogP contribution is 2.20. The number of nitrogens with zero attached hydrogens (tertiary/aromatic N) is 2. The van der Waals surface area contributed by atoms with Crippen LogP contribution in [0.2, 0.25) is 0 Å². The second-order valence-electron chi connectivity index (χ2n) is 13.3. The molecule has 0 radical (unpaired) electrons. The van der Waals surface area contributed by atoms with E-state index >= 15 is 0 Å².